The van der Waals surface area contributed by atoms with Crippen molar-refractivity contribution in [1.82, 2.24) is 4.98 Å². The Morgan fingerprint density at radius 1 is 0.634 bits per heavy atom. The van der Waals surface area contributed by atoms with Gasteiger partial charge in [-0.2, -0.15) is 0 Å². The number of allylic oxidation sites excluding steroid dienone is 5. The van der Waals surface area contributed by atoms with E-state index >= 15 is 0 Å². The van der Waals surface area contributed by atoms with E-state index in [0.29, 0.717) is 0 Å². The normalized spacial score (nSPS) is 16.1. The summed E-state index contributed by atoms with van der Waals surface area (Å²) in [6, 6.07) is 39.8. The van der Waals surface area contributed by atoms with Crippen molar-refractivity contribution in [2.75, 3.05) is 0 Å². The third-order valence-corrected chi connectivity index (χ3v) is 8.77. The third-order valence-electron chi connectivity index (χ3n) is 8.77. The summed E-state index contributed by atoms with van der Waals surface area (Å²) < 4.78 is 0. The van der Waals surface area contributed by atoms with Gasteiger partial charge in [-0.3, -0.25) is 0 Å². The van der Waals surface area contributed by atoms with Crippen LogP contribution in [0.3, 0.4) is 0 Å². The van der Waals surface area contributed by atoms with E-state index in [2.05, 4.69) is 154 Å². The van der Waals surface area contributed by atoms with E-state index < -0.39 is 0 Å². The van der Waals surface area contributed by atoms with Crippen LogP contribution in [0.4, 0.5) is 0 Å². The summed E-state index contributed by atoms with van der Waals surface area (Å²) in [5.74, 6) is 0. The molecule has 1 nitrogen and oxygen atoms in total. The molecule has 1 aromatic heterocycles. The summed E-state index contributed by atoms with van der Waals surface area (Å²) in [6.07, 6.45) is 6.31. The van der Waals surface area contributed by atoms with E-state index in [9.17, 15) is 0 Å². The maximum atomic E-state index is 3.99. The van der Waals surface area contributed by atoms with Gasteiger partial charge in [-0.15, -0.1) is 0 Å². The molecule has 0 radical (unpaired) electrons. The number of rotatable bonds is 4. The minimum atomic E-state index is -0.0229. The van der Waals surface area contributed by atoms with Gasteiger partial charge in [-0.25, -0.2) is 0 Å². The van der Waals surface area contributed by atoms with Gasteiger partial charge in [0.15, 0.2) is 0 Å². The van der Waals surface area contributed by atoms with Crippen LogP contribution in [0.2, 0.25) is 0 Å². The first-order valence-electron chi connectivity index (χ1n) is 14.3. The second kappa shape index (κ2) is 9.64. The van der Waals surface area contributed by atoms with Gasteiger partial charge in [0.2, 0.25) is 0 Å². The fourth-order valence-electron chi connectivity index (χ4n) is 6.77. The van der Waals surface area contributed by atoms with Gasteiger partial charge in [0.05, 0.1) is 5.52 Å². The number of para-hydroxylation sites is 1. The Bertz CT molecular complexity index is 2030. The van der Waals surface area contributed by atoms with Crippen LogP contribution in [0.15, 0.2) is 140 Å². The average molecular weight is 528 g/mol. The first kappa shape index (κ1) is 25.1. The number of H-pyrrole nitrogens is 1. The number of aromatic nitrogens is 1. The second-order valence-corrected chi connectivity index (χ2v) is 11.5. The van der Waals surface area contributed by atoms with E-state index in [4.69, 9.17) is 0 Å². The van der Waals surface area contributed by atoms with Crippen molar-refractivity contribution in [3.8, 4) is 33.4 Å². The van der Waals surface area contributed by atoms with Crippen LogP contribution in [-0.2, 0) is 5.41 Å². The molecule has 0 saturated carbocycles. The molecule has 0 fully saturated rings. The van der Waals surface area contributed by atoms with E-state index in [1.807, 2.05) is 6.08 Å². The number of hydrogen-bond donors (Lipinski definition) is 1. The molecule has 0 amide bonds. The topological polar surface area (TPSA) is 15.8 Å². The van der Waals surface area contributed by atoms with Gasteiger partial charge in [0, 0.05) is 27.3 Å². The molecule has 7 rings (SSSR count). The predicted octanol–water partition coefficient (Wildman–Crippen LogP) is 11.1. The number of aromatic amines is 1. The van der Waals surface area contributed by atoms with Gasteiger partial charge < -0.3 is 4.98 Å². The van der Waals surface area contributed by atoms with E-state index in [-0.39, 0.29) is 5.41 Å². The van der Waals surface area contributed by atoms with Crippen molar-refractivity contribution < 1.29 is 0 Å². The lowest BCUT2D eigenvalue weighted by atomic mass is 9.82. The van der Waals surface area contributed by atoms with Crippen molar-refractivity contribution in [2.45, 2.75) is 26.2 Å². The largest absolute Gasteiger partial charge is 0.354 e. The average Bonchev–Trinajstić information content (AvgIpc) is 3.49. The molecule has 0 aliphatic heterocycles. The summed E-state index contributed by atoms with van der Waals surface area (Å²) in [7, 11) is 0. The standard InChI is InChI=1S/C40H33N/c1-5-12-32-34-24-29(19-21-37(34)40(3,4)36(32)6-2)27-15-10-16-30(23-27)31-17-11-18-33-35-25-28(26-13-8-7-9-14-26)20-22-38(35)41-39(31)33/h5-25,41H,1H2,2-4H3/b32-12-,36-6+. The Kier molecular flexibility index (Phi) is 5.91. The molecule has 1 heteroatoms. The quantitative estimate of drug-likeness (QED) is 0.235. The Morgan fingerprint density at radius 3 is 2.15 bits per heavy atom. The predicted molar refractivity (Wildman–Crippen MR) is 177 cm³/mol. The maximum absolute atomic E-state index is 3.99. The number of nitrogens with one attached hydrogen (secondary N) is 1. The molecule has 1 aliphatic rings. The van der Waals surface area contributed by atoms with Crippen molar-refractivity contribution in [3.05, 3.63) is 151 Å². The molecule has 0 saturated heterocycles. The first-order chi connectivity index (χ1) is 20.0. The highest BCUT2D eigenvalue weighted by atomic mass is 14.7. The summed E-state index contributed by atoms with van der Waals surface area (Å²) in [5, 5.41) is 2.50. The van der Waals surface area contributed by atoms with Crippen molar-refractivity contribution in [1.29, 1.82) is 0 Å². The number of benzene rings is 5. The van der Waals surface area contributed by atoms with E-state index in [1.165, 1.54) is 71.9 Å². The lowest BCUT2D eigenvalue weighted by molar-refractivity contribution is 0.660. The zero-order valence-electron chi connectivity index (χ0n) is 23.8. The fourth-order valence-corrected chi connectivity index (χ4v) is 6.77. The van der Waals surface area contributed by atoms with Crippen LogP contribution < -0.4 is 0 Å². The van der Waals surface area contributed by atoms with Crippen molar-refractivity contribution >= 4 is 27.4 Å². The third kappa shape index (κ3) is 4.00. The molecule has 41 heavy (non-hydrogen) atoms. The summed E-state index contributed by atoms with van der Waals surface area (Å²) in [4.78, 5) is 3.73. The van der Waals surface area contributed by atoms with Gasteiger partial charge in [-0.05, 0) is 81.3 Å². The van der Waals surface area contributed by atoms with Crippen molar-refractivity contribution in [3.63, 3.8) is 0 Å². The zero-order valence-corrected chi connectivity index (χ0v) is 23.8. The minimum Gasteiger partial charge on any atom is -0.354 e. The highest BCUT2D eigenvalue weighted by Gasteiger charge is 2.37. The molecule has 6 aromatic rings. The smallest absolute Gasteiger partial charge is 0.0544 e. The SMILES string of the molecule is C=C/C=C1\C(=C/C)C(C)(C)c2ccc(-c3cccc(-c4cccc5c4[nH]c4ccc(-c6ccccc6)cc45)c3)cc21. The molecule has 5 aromatic carbocycles. The Balaban J connectivity index is 1.34. The van der Waals surface area contributed by atoms with Gasteiger partial charge in [-0.1, -0.05) is 124 Å². The van der Waals surface area contributed by atoms with Crippen LogP contribution in [0.25, 0.3) is 60.8 Å². The molecule has 0 atom stereocenters. The monoisotopic (exact) mass is 527 g/mol. The summed E-state index contributed by atoms with van der Waals surface area (Å²) in [5.41, 5.74) is 15.0. The maximum Gasteiger partial charge on any atom is 0.0544 e. The molecule has 1 N–H and O–H groups in total. The first-order valence-corrected chi connectivity index (χ1v) is 14.3. The molecule has 1 aliphatic carbocycles. The summed E-state index contributed by atoms with van der Waals surface area (Å²) >= 11 is 0. The minimum absolute atomic E-state index is 0.0229. The molecule has 0 bridgehead atoms. The van der Waals surface area contributed by atoms with Crippen LogP contribution >= 0.6 is 0 Å². The number of fused-ring (bicyclic) bond motifs is 4. The Hall–Kier alpha value is -4.88. The van der Waals surface area contributed by atoms with Crippen LogP contribution in [0, 0.1) is 0 Å². The molecule has 1 heterocycles. The fraction of sp³-hybridized carbons (Fsp3) is 0.100. The molecule has 198 valence electrons. The molecular formula is C40H33N. The van der Waals surface area contributed by atoms with Crippen LogP contribution in [0.5, 0.6) is 0 Å². The molecule has 0 spiro atoms. The van der Waals surface area contributed by atoms with Crippen LogP contribution in [0.1, 0.15) is 31.9 Å². The van der Waals surface area contributed by atoms with E-state index in [0.717, 1.165) is 5.52 Å². The summed E-state index contributed by atoms with van der Waals surface area (Å²) in [6.45, 7) is 10.8. The molecule has 0 unspecified atom stereocenters. The second-order valence-electron chi connectivity index (χ2n) is 11.5. The molecular weight excluding hydrogens is 494 g/mol. The van der Waals surface area contributed by atoms with Gasteiger partial charge >= 0.3 is 0 Å². The lowest BCUT2D eigenvalue weighted by Gasteiger charge is -2.21. The van der Waals surface area contributed by atoms with Gasteiger partial charge in [0.1, 0.15) is 0 Å². The zero-order chi connectivity index (χ0) is 28.1. The van der Waals surface area contributed by atoms with E-state index in [1.54, 1.807) is 0 Å². The lowest BCUT2D eigenvalue weighted by Crippen LogP contribution is -2.14. The van der Waals surface area contributed by atoms with Crippen molar-refractivity contribution in [2.24, 2.45) is 0 Å². The van der Waals surface area contributed by atoms with Crippen LogP contribution in [-0.4, -0.2) is 4.98 Å². The Morgan fingerprint density at radius 2 is 1.34 bits per heavy atom. The van der Waals surface area contributed by atoms with Gasteiger partial charge in [0.25, 0.3) is 0 Å². The highest BCUT2D eigenvalue weighted by molar-refractivity contribution is 6.13. The highest BCUT2D eigenvalue weighted by Crippen LogP contribution is 2.50. The Labute approximate surface area is 242 Å². The number of hydrogen-bond acceptors (Lipinski definition) is 0.